The molecule has 3 fully saturated rings. The molecule has 0 atom stereocenters. The molecule has 0 amide bonds. The Kier molecular flexibility index (Phi) is 3.32. The first kappa shape index (κ1) is 14.2. The number of piperidine rings is 1. The minimum atomic E-state index is -3.54. The first-order chi connectivity index (χ1) is 9.33. The summed E-state index contributed by atoms with van der Waals surface area (Å²) in [5.41, 5.74) is -0.827. The highest BCUT2D eigenvalue weighted by atomic mass is 32.2. The lowest BCUT2D eigenvalue weighted by molar-refractivity contribution is -0.143. The fourth-order valence-electron chi connectivity index (χ4n) is 3.10. The van der Waals surface area contributed by atoms with Crippen molar-refractivity contribution >= 4 is 16.2 Å². The van der Waals surface area contributed by atoms with Crippen LogP contribution in [0.5, 0.6) is 0 Å². The summed E-state index contributed by atoms with van der Waals surface area (Å²) in [6.07, 6.45) is 2.67. The topological polar surface area (TPSA) is 98.2 Å². The van der Waals surface area contributed by atoms with E-state index in [9.17, 15) is 18.3 Å². The Morgan fingerprint density at radius 3 is 2.05 bits per heavy atom. The van der Waals surface area contributed by atoms with Crippen molar-refractivity contribution in [2.75, 3.05) is 26.2 Å². The van der Waals surface area contributed by atoms with Gasteiger partial charge in [0, 0.05) is 26.2 Å². The van der Waals surface area contributed by atoms with Crippen molar-refractivity contribution in [2.24, 2.45) is 11.8 Å². The van der Waals surface area contributed by atoms with E-state index < -0.39 is 27.7 Å². The third-order valence-electron chi connectivity index (χ3n) is 4.69. The molecule has 3 aliphatic rings. The van der Waals surface area contributed by atoms with E-state index in [-0.39, 0.29) is 32.1 Å². The van der Waals surface area contributed by atoms with Gasteiger partial charge in [-0.3, -0.25) is 4.79 Å². The number of carboxylic acids is 1. The van der Waals surface area contributed by atoms with Crippen LogP contribution in [-0.2, 0) is 15.0 Å². The summed E-state index contributed by atoms with van der Waals surface area (Å²) >= 11 is 0. The van der Waals surface area contributed by atoms with Crippen molar-refractivity contribution in [1.82, 2.24) is 8.61 Å². The lowest BCUT2D eigenvalue weighted by Gasteiger charge is -2.47. The number of hydrogen-bond acceptors (Lipinski definition) is 4. The Labute approximate surface area is 118 Å². The lowest BCUT2D eigenvalue weighted by atomic mass is 9.91. The smallest absolute Gasteiger partial charge is 0.306 e. The van der Waals surface area contributed by atoms with Crippen LogP contribution in [0.25, 0.3) is 0 Å². The normalized spacial score (nSPS) is 29.1. The van der Waals surface area contributed by atoms with Gasteiger partial charge in [-0.15, -0.1) is 0 Å². The van der Waals surface area contributed by atoms with Crippen LogP contribution in [0.1, 0.15) is 25.7 Å². The Hall–Kier alpha value is -0.700. The molecule has 114 valence electrons. The number of β-amino-alcohol motifs (C(OH)–C–C–N with tert-alkyl or cyclic N) is 1. The van der Waals surface area contributed by atoms with Crippen LogP contribution in [0.15, 0.2) is 0 Å². The summed E-state index contributed by atoms with van der Waals surface area (Å²) in [6, 6.07) is 0. The minimum absolute atomic E-state index is 0.179. The second-order valence-corrected chi connectivity index (χ2v) is 8.09. The number of carbonyl (C=O) groups is 1. The van der Waals surface area contributed by atoms with Gasteiger partial charge in [0.25, 0.3) is 10.2 Å². The maximum Gasteiger partial charge on any atom is 0.306 e. The van der Waals surface area contributed by atoms with Gasteiger partial charge in [0.05, 0.1) is 11.5 Å². The highest BCUT2D eigenvalue weighted by molar-refractivity contribution is 7.86. The Morgan fingerprint density at radius 2 is 1.60 bits per heavy atom. The van der Waals surface area contributed by atoms with Crippen LogP contribution in [0, 0.1) is 11.8 Å². The number of nitrogens with zero attached hydrogens (tertiary/aromatic N) is 2. The van der Waals surface area contributed by atoms with Crippen molar-refractivity contribution in [3.05, 3.63) is 0 Å². The van der Waals surface area contributed by atoms with Gasteiger partial charge >= 0.3 is 5.97 Å². The Bertz CT molecular complexity index is 502. The molecule has 8 heteroatoms. The van der Waals surface area contributed by atoms with Crippen LogP contribution in [0.2, 0.25) is 0 Å². The second kappa shape index (κ2) is 4.66. The monoisotopic (exact) mass is 304 g/mol. The molecular formula is C12H20N2O5S. The van der Waals surface area contributed by atoms with Crippen LogP contribution in [0.3, 0.4) is 0 Å². The van der Waals surface area contributed by atoms with E-state index in [2.05, 4.69) is 0 Å². The first-order valence-electron chi connectivity index (χ1n) is 7.03. The zero-order chi connectivity index (χ0) is 14.5. The fraction of sp³-hybridized carbons (Fsp3) is 0.917. The maximum absolute atomic E-state index is 12.4. The largest absolute Gasteiger partial charge is 0.481 e. The van der Waals surface area contributed by atoms with Gasteiger partial charge in [-0.1, -0.05) is 0 Å². The van der Waals surface area contributed by atoms with E-state index in [1.54, 1.807) is 0 Å². The van der Waals surface area contributed by atoms with Crippen LogP contribution >= 0.6 is 0 Å². The molecule has 0 unspecified atom stereocenters. The fourth-order valence-corrected chi connectivity index (χ4v) is 4.88. The molecule has 20 heavy (non-hydrogen) atoms. The third kappa shape index (κ3) is 2.34. The summed E-state index contributed by atoms with van der Waals surface area (Å²) < 4.78 is 27.4. The third-order valence-corrected chi connectivity index (χ3v) is 6.62. The zero-order valence-electron chi connectivity index (χ0n) is 11.2. The van der Waals surface area contributed by atoms with Crippen molar-refractivity contribution in [3.63, 3.8) is 0 Å². The molecule has 7 nitrogen and oxygen atoms in total. The quantitative estimate of drug-likeness (QED) is 0.728. The summed E-state index contributed by atoms with van der Waals surface area (Å²) in [5.74, 6) is -1.04. The van der Waals surface area contributed by atoms with Crippen LogP contribution < -0.4 is 0 Å². The molecule has 2 saturated heterocycles. The molecule has 0 aromatic rings. The molecular weight excluding hydrogens is 284 g/mol. The zero-order valence-corrected chi connectivity index (χ0v) is 12.0. The Morgan fingerprint density at radius 1 is 1.05 bits per heavy atom. The molecule has 0 aromatic carbocycles. The van der Waals surface area contributed by atoms with Gasteiger partial charge in [0.15, 0.2) is 0 Å². The van der Waals surface area contributed by atoms with Crippen molar-refractivity contribution < 1.29 is 23.4 Å². The summed E-state index contributed by atoms with van der Waals surface area (Å²) in [5, 5.41) is 19.1. The highest BCUT2D eigenvalue weighted by Crippen LogP contribution is 2.45. The number of rotatable bonds is 4. The molecule has 1 aliphatic carbocycles. The van der Waals surface area contributed by atoms with Gasteiger partial charge in [0.2, 0.25) is 0 Å². The lowest BCUT2D eigenvalue weighted by Crippen LogP contribution is -2.67. The number of aliphatic hydroxyl groups is 1. The van der Waals surface area contributed by atoms with E-state index in [0.29, 0.717) is 12.8 Å². The first-order valence-corrected chi connectivity index (χ1v) is 8.43. The average molecular weight is 304 g/mol. The number of hydrogen-bond donors (Lipinski definition) is 2. The highest BCUT2D eigenvalue weighted by Gasteiger charge is 2.56. The molecule has 1 saturated carbocycles. The second-order valence-electron chi connectivity index (χ2n) is 6.17. The van der Waals surface area contributed by atoms with E-state index in [1.165, 1.54) is 8.61 Å². The molecule has 2 N–H and O–H groups in total. The van der Waals surface area contributed by atoms with E-state index in [4.69, 9.17) is 5.11 Å². The SMILES string of the molecule is O=C(O)C1CCN(S(=O)(=O)N2CC(O)(C3CC3)C2)CC1. The summed E-state index contributed by atoms with van der Waals surface area (Å²) in [7, 11) is -3.54. The van der Waals surface area contributed by atoms with Gasteiger partial charge in [0.1, 0.15) is 0 Å². The maximum atomic E-state index is 12.4. The molecule has 2 aliphatic heterocycles. The predicted molar refractivity (Wildman–Crippen MR) is 70.1 cm³/mol. The van der Waals surface area contributed by atoms with Gasteiger partial charge < -0.3 is 10.2 Å². The van der Waals surface area contributed by atoms with Crippen molar-refractivity contribution in [3.8, 4) is 0 Å². The summed E-state index contributed by atoms with van der Waals surface area (Å²) in [6.45, 7) is 0.854. The van der Waals surface area contributed by atoms with Gasteiger partial charge in [-0.2, -0.15) is 17.0 Å². The number of carboxylic acid groups (broad SMARTS) is 1. The molecule has 3 rings (SSSR count). The molecule has 2 heterocycles. The Balaban J connectivity index is 1.58. The predicted octanol–water partition coefficient (Wildman–Crippen LogP) is -0.515. The van der Waals surface area contributed by atoms with E-state index >= 15 is 0 Å². The van der Waals surface area contributed by atoms with Crippen LogP contribution in [0.4, 0.5) is 0 Å². The molecule has 0 aromatic heterocycles. The van der Waals surface area contributed by atoms with Crippen molar-refractivity contribution in [1.29, 1.82) is 0 Å². The van der Waals surface area contributed by atoms with Gasteiger partial charge in [-0.25, -0.2) is 0 Å². The van der Waals surface area contributed by atoms with E-state index in [1.807, 2.05) is 0 Å². The average Bonchev–Trinajstić information content (AvgIpc) is 3.19. The summed E-state index contributed by atoms with van der Waals surface area (Å²) in [4.78, 5) is 10.9. The molecule has 0 radical (unpaired) electrons. The van der Waals surface area contributed by atoms with E-state index in [0.717, 1.165) is 12.8 Å². The molecule has 0 spiro atoms. The van der Waals surface area contributed by atoms with Crippen LogP contribution in [-0.4, -0.2) is 65.0 Å². The molecule has 0 bridgehead atoms. The van der Waals surface area contributed by atoms with Gasteiger partial charge in [-0.05, 0) is 31.6 Å². The van der Waals surface area contributed by atoms with Crippen molar-refractivity contribution in [2.45, 2.75) is 31.3 Å². The number of aliphatic carboxylic acids is 1. The minimum Gasteiger partial charge on any atom is -0.481 e. The standard InChI is InChI=1S/C12H20N2O5S/c15-11(16)9-3-5-13(6-4-9)20(18,19)14-7-12(17,8-14)10-1-2-10/h9-10,17H,1-8H2,(H,15,16).